The van der Waals surface area contributed by atoms with Gasteiger partial charge in [0.1, 0.15) is 48.8 Å². The zero-order valence-corrected chi connectivity index (χ0v) is 77.2. The van der Waals surface area contributed by atoms with E-state index in [0.29, 0.717) is 77.0 Å². The quantitative estimate of drug-likeness (QED) is 0.0369. The Kier molecular flexibility index (Phi) is 29.3. The Morgan fingerprint density at radius 3 is 0.474 bits per heavy atom. The Labute approximate surface area is 694 Å². The number of carbonyl (C=O) groups is 8. The molecule has 8 heterocycles. The smallest absolute Gasteiger partial charge is 0.310 e. The van der Waals surface area contributed by atoms with Gasteiger partial charge in [-0.1, -0.05) is 0 Å². The third-order valence-electron chi connectivity index (χ3n) is 25.1. The van der Waals surface area contributed by atoms with E-state index >= 15 is 0 Å². The molecule has 0 aromatic heterocycles. The number of hydrogen-bond acceptors (Lipinski definition) is 28. The number of hydroxylamine groups is 8. The van der Waals surface area contributed by atoms with E-state index < -0.39 is 190 Å². The van der Waals surface area contributed by atoms with E-state index in [0.717, 1.165) is 0 Å². The lowest BCUT2D eigenvalue weighted by atomic mass is 9.79. The topological polar surface area (TPSA) is 352 Å². The van der Waals surface area contributed by atoms with E-state index in [1.54, 1.807) is 0 Å². The highest BCUT2D eigenvalue weighted by Crippen LogP contribution is 2.46. The number of nitrogens with zero attached hydrogens (tertiary/aromatic N) is 4. The second-order valence-electron chi connectivity index (χ2n) is 46.5. The zero-order chi connectivity index (χ0) is 88.5. The van der Waals surface area contributed by atoms with Gasteiger partial charge in [-0.3, -0.25) is 38.4 Å². The summed E-state index contributed by atoms with van der Waals surface area (Å²) in [5.74, 6) is -11.8. The summed E-state index contributed by atoms with van der Waals surface area (Å²) in [5, 5.41) is 63.2. The van der Waals surface area contributed by atoms with Crippen LogP contribution in [0.5, 0.6) is 0 Å². The van der Waals surface area contributed by atoms with Crippen molar-refractivity contribution in [3.63, 3.8) is 0 Å². The molecule has 8 aliphatic rings. The van der Waals surface area contributed by atoms with Gasteiger partial charge in [-0.2, -0.15) is 20.3 Å². The van der Waals surface area contributed by atoms with E-state index in [2.05, 4.69) is 132 Å². The minimum absolute atomic E-state index is 0.246. The number of hydrogen-bond donors (Lipinski definition) is 8. The van der Waals surface area contributed by atoms with Crippen LogP contribution in [0.15, 0.2) is 0 Å². The van der Waals surface area contributed by atoms with Gasteiger partial charge < -0.3 is 80.0 Å². The molecule has 4 atom stereocenters. The monoisotopic (exact) mass is 1650 g/mol. The molecule has 0 radical (unpaired) electrons. The third kappa shape index (κ3) is 26.6. The molecule has 8 fully saturated rings. The first-order chi connectivity index (χ1) is 52.1. The van der Waals surface area contributed by atoms with Crippen molar-refractivity contribution in [3.8, 4) is 0 Å². The molecule has 0 aliphatic carbocycles. The maximum atomic E-state index is 14.7. The lowest BCUT2D eigenvalue weighted by Gasteiger charge is -2.51. The Balaban J connectivity index is 0.000000322. The van der Waals surface area contributed by atoms with Crippen LogP contribution >= 0.6 is 0 Å². The highest BCUT2D eigenvalue weighted by Gasteiger charge is 2.55. The first kappa shape index (κ1) is 98.4. The molecular formula is C88H156N8O20. The van der Waals surface area contributed by atoms with Crippen LogP contribution in [0.25, 0.3) is 0 Å². The minimum Gasteiger partial charge on any atom is -0.462 e. The van der Waals surface area contributed by atoms with Gasteiger partial charge in [0.05, 0.1) is 49.4 Å². The van der Waals surface area contributed by atoms with Crippen LogP contribution in [0.2, 0.25) is 0 Å². The lowest BCUT2D eigenvalue weighted by molar-refractivity contribution is -0.262. The van der Waals surface area contributed by atoms with Crippen molar-refractivity contribution in [1.82, 2.24) is 41.5 Å². The lowest BCUT2D eigenvalue weighted by Crippen LogP contribution is -2.61. The summed E-state index contributed by atoms with van der Waals surface area (Å²) >= 11 is 0. The Hall–Kier alpha value is -4.72. The molecule has 0 amide bonds. The zero-order valence-electron chi connectivity index (χ0n) is 77.2. The van der Waals surface area contributed by atoms with Crippen LogP contribution in [0, 0.1) is 23.7 Å². The number of carbonyl (C=O) groups excluding carboxylic acids is 8. The number of rotatable bonds is 22. The first-order valence-electron chi connectivity index (χ1n) is 42.8. The molecule has 4 unspecified atom stereocenters. The summed E-state index contributed by atoms with van der Waals surface area (Å²) in [6.07, 6.45) is 0.0625. The molecule has 116 heavy (non-hydrogen) atoms. The number of esters is 8. The molecule has 0 bridgehead atoms. The number of nitrogens with one attached hydrogen (secondary N) is 4. The Morgan fingerprint density at radius 1 is 0.224 bits per heavy atom. The SMILES string of the molecule is CC1(C)CC(OC(=O)CC(C(=O)OC2CC(C)(C)N(O)C(C)(C)C2)C(CC(=O)OC2CC(C)(C)N(O)C(C)(C)C2)C(=O)OC2CC(C)(C)N(O)C(C)(C)C2)CC(C)(C)N1O.CC1(C)CC(OC(=O)CC(C(=O)OC2CC(C)(C)NC(C)(C)C2)C(CC(=O)OC2CC(C)(C)NC(C)(C)C2)C(=O)OC2CC(C)(C)NC(C)(C)C2)CC(C)(C)N1. The molecule has 0 aromatic rings. The van der Waals surface area contributed by atoms with Gasteiger partial charge in [0, 0.05) is 191 Å². The fourth-order valence-corrected chi connectivity index (χ4v) is 22.5. The van der Waals surface area contributed by atoms with Crippen molar-refractivity contribution < 1.29 is 97.1 Å². The van der Waals surface area contributed by atoms with Crippen molar-refractivity contribution in [3.05, 3.63) is 0 Å². The molecule has 8 N–H and O–H groups in total. The maximum absolute atomic E-state index is 14.7. The van der Waals surface area contributed by atoms with E-state index in [4.69, 9.17) is 37.9 Å². The highest BCUT2D eigenvalue weighted by molar-refractivity contribution is 5.90. The van der Waals surface area contributed by atoms with E-state index in [1.165, 1.54) is 20.3 Å². The molecule has 668 valence electrons. The second kappa shape index (κ2) is 34.5. The number of piperidine rings is 8. The Bertz CT molecular complexity index is 3160. The van der Waals surface area contributed by atoms with Crippen LogP contribution in [0.4, 0.5) is 0 Å². The van der Waals surface area contributed by atoms with Gasteiger partial charge in [-0.15, -0.1) is 0 Å². The fourth-order valence-electron chi connectivity index (χ4n) is 22.5. The van der Waals surface area contributed by atoms with Crippen LogP contribution in [-0.4, -0.2) is 226 Å². The molecule has 28 nitrogen and oxygen atoms in total. The highest BCUT2D eigenvalue weighted by atomic mass is 16.6. The van der Waals surface area contributed by atoms with Gasteiger partial charge in [-0.25, -0.2) is 0 Å². The summed E-state index contributed by atoms with van der Waals surface area (Å²) in [6, 6.07) is 0. The summed E-state index contributed by atoms with van der Waals surface area (Å²) < 4.78 is 49.3. The van der Waals surface area contributed by atoms with Crippen LogP contribution in [0.3, 0.4) is 0 Å². The van der Waals surface area contributed by atoms with Crippen molar-refractivity contribution in [1.29, 1.82) is 0 Å². The van der Waals surface area contributed by atoms with Gasteiger partial charge in [0.2, 0.25) is 0 Å². The van der Waals surface area contributed by atoms with E-state index in [-0.39, 0.29) is 70.0 Å². The fraction of sp³-hybridized carbons (Fsp3) is 0.909. The Morgan fingerprint density at radius 2 is 0.336 bits per heavy atom. The first-order valence-corrected chi connectivity index (χ1v) is 42.8. The molecule has 0 aromatic carbocycles. The van der Waals surface area contributed by atoms with Crippen LogP contribution in [-0.2, 0) is 76.3 Å². The van der Waals surface area contributed by atoms with Crippen LogP contribution < -0.4 is 21.3 Å². The summed E-state index contributed by atoms with van der Waals surface area (Å²) in [6.45, 7) is 62.4. The summed E-state index contributed by atoms with van der Waals surface area (Å²) in [7, 11) is 0. The van der Waals surface area contributed by atoms with Gasteiger partial charge in [-0.05, 0) is 222 Å². The molecule has 8 aliphatic heterocycles. The standard InChI is InChI=1S/C44H78N4O12.C44H78N4O8/c1-37(2)19-27(20-38(3,4)45(37)53)57-33(49)17-31(35(51)59-29-23-41(9,10)47(55)42(11,12)24-29)32(36(52)60-30-25-43(13,14)48(56)44(15,16)26-30)18-34(50)58-28-21-39(5,6)46(54)40(7,8)22-28;1-37(2)19-27(20-38(3,4)45-37)53-33(49)17-31(35(51)55-29-23-41(9,10)47-42(11,12)24-29)32(36(52)56-30-25-43(13,14)48-44(15,16)26-30)18-34(50)54-28-21-39(5,6)46-40(7,8)22-28/h27-32,53-56H,17-26H2,1-16H3;27-32,45-48H,17-26H2,1-16H3. The third-order valence-corrected chi connectivity index (χ3v) is 25.1. The largest absolute Gasteiger partial charge is 0.462 e. The predicted octanol–water partition coefficient (Wildman–Crippen LogP) is 13.2. The van der Waals surface area contributed by atoms with Gasteiger partial charge in [0.15, 0.2) is 0 Å². The molecule has 8 saturated heterocycles. The van der Waals surface area contributed by atoms with E-state index in [9.17, 15) is 59.2 Å². The summed E-state index contributed by atoms with van der Waals surface area (Å²) in [4.78, 5) is 115. The average molecular weight is 1650 g/mol. The van der Waals surface area contributed by atoms with Gasteiger partial charge in [0.25, 0.3) is 0 Å². The van der Waals surface area contributed by atoms with Crippen LogP contribution in [0.1, 0.15) is 350 Å². The van der Waals surface area contributed by atoms with E-state index in [1.807, 2.05) is 111 Å². The second-order valence-corrected chi connectivity index (χ2v) is 46.5. The van der Waals surface area contributed by atoms with Crippen molar-refractivity contribution in [2.24, 2.45) is 23.7 Å². The average Bonchev–Trinajstić information content (AvgIpc) is 0.779. The molecule has 0 saturated carbocycles. The molecular weight excluding hydrogens is 1490 g/mol. The maximum Gasteiger partial charge on any atom is 0.310 e. The number of ether oxygens (including phenoxy) is 8. The van der Waals surface area contributed by atoms with Crippen molar-refractivity contribution in [2.75, 3.05) is 0 Å². The predicted molar refractivity (Wildman–Crippen MR) is 438 cm³/mol. The summed E-state index contributed by atoms with van der Waals surface area (Å²) in [5.41, 5.74) is -8.64. The van der Waals surface area contributed by atoms with Crippen molar-refractivity contribution >= 4 is 47.8 Å². The van der Waals surface area contributed by atoms with Crippen molar-refractivity contribution in [2.45, 2.75) is 487 Å². The normalized spacial score (nSPS) is 28.1. The molecule has 8 rings (SSSR count). The van der Waals surface area contributed by atoms with Gasteiger partial charge >= 0.3 is 47.8 Å². The molecule has 28 heteroatoms. The minimum atomic E-state index is -1.54. The molecule has 0 spiro atoms.